The van der Waals surface area contributed by atoms with Gasteiger partial charge in [-0.25, -0.2) is 4.79 Å². The summed E-state index contributed by atoms with van der Waals surface area (Å²) in [5.41, 5.74) is 3.27. The van der Waals surface area contributed by atoms with Crippen molar-refractivity contribution in [1.82, 2.24) is 25.8 Å². The van der Waals surface area contributed by atoms with E-state index in [1.165, 1.54) is 0 Å². The standard InChI is InChI=1S/C22H25N5O2/c1-15(2)16-7-5-9-18(13-16)22(3,4)25-21(28)24-12-10-19-26-27-20(29-19)17-8-6-11-23-14-17/h5-9,11,13-14H,1,10,12H2,2-4H3,(H2,24,25,28). The van der Waals surface area contributed by atoms with E-state index in [1.807, 2.05) is 51.1 Å². The summed E-state index contributed by atoms with van der Waals surface area (Å²) in [6.45, 7) is 10.2. The van der Waals surface area contributed by atoms with Crippen LogP contribution in [0.3, 0.4) is 0 Å². The minimum atomic E-state index is -0.534. The summed E-state index contributed by atoms with van der Waals surface area (Å²) >= 11 is 0. The fourth-order valence-electron chi connectivity index (χ4n) is 2.82. The normalized spacial score (nSPS) is 11.1. The van der Waals surface area contributed by atoms with Crippen molar-refractivity contribution in [3.63, 3.8) is 0 Å². The van der Waals surface area contributed by atoms with Gasteiger partial charge in [0.1, 0.15) is 0 Å². The highest BCUT2D eigenvalue weighted by Crippen LogP contribution is 2.23. The maximum absolute atomic E-state index is 12.4. The molecule has 0 unspecified atom stereocenters. The highest BCUT2D eigenvalue weighted by atomic mass is 16.4. The molecule has 2 amide bonds. The molecule has 0 aliphatic carbocycles. The monoisotopic (exact) mass is 391 g/mol. The number of benzene rings is 1. The molecular weight excluding hydrogens is 366 g/mol. The van der Waals surface area contributed by atoms with Crippen LogP contribution in [-0.2, 0) is 12.0 Å². The number of carbonyl (C=O) groups excluding carboxylic acids is 1. The number of aromatic nitrogens is 3. The van der Waals surface area contributed by atoms with Crippen molar-refractivity contribution in [2.45, 2.75) is 32.7 Å². The van der Waals surface area contributed by atoms with Gasteiger partial charge in [-0.1, -0.05) is 30.4 Å². The van der Waals surface area contributed by atoms with Gasteiger partial charge in [0, 0.05) is 25.4 Å². The zero-order valence-corrected chi connectivity index (χ0v) is 16.9. The Labute approximate surface area is 170 Å². The fraction of sp³-hybridized carbons (Fsp3) is 0.273. The summed E-state index contributed by atoms with van der Waals surface area (Å²) in [7, 11) is 0. The van der Waals surface area contributed by atoms with Crippen LogP contribution < -0.4 is 10.6 Å². The van der Waals surface area contributed by atoms with E-state index >= 15 is 0 Å². The maximum Gasteiger partial charge on any atom is 0.315 e. The Balaban J connectivity index is 1.53. The lowest BCUT2D eigenvalue weighted by atomic mass is 9.92. The van der Waals surface area contributed by atoms with Gasteiger partial charge in [-0.15, -0.1) is 10.2 Å². The third kappa shape index (κ3) is 5.28. The molecule has 0 aliphatic rings. The van der Waals surface area contributed by atoms with Crippen molar-refractivity contribution in [3.05, 3.63) is 72.4 Å². The molecule has 0 bridgehead atoms. The van der Waals surface area contributed by atoms with Crippen LogP contribution in [0.1, 0.15) is 37.8 Å². The SMILES string of the molecule is C=C(C)c1cccc(C(C)(C)NC(=O)NCCc2nnc(-c3cccnc3)o2)c1. The highest BCUT2D eigenvalue weighted by molar-refractivity contribution is 5.75. The van der Waals surface area contributed by atoms with Crippen LogP contribution in [0, 0.1) is 0 Å². The lowest BCUT2D eigenvalue weighted by Crippen LogP contribution is -2.46. The molecule has 150 valence electrons. The average Bonchev–Trinajstić information content (AvgIpc) is 3.17. The quantitative estimate of drug-likeness (QED) is 0.636. The fourth-order valence-corrected chi connectivity index (χ4v) is 2.82. The molecule has 2 N–H and O–H groups in total. The van der Waals surface area contributed by atoms with Crippen LogP contribution in [0.2, 0.25) is 0 Å². The molecule has 7 nitrogen and oxygen atoms in total. The van der Waals surface area contributed by atoms with Gasteiger partial charge in [0.15, 0.2) is 0 Å². The summed E-state index contributed by atoms with van der Waals surface area (Å²) < 4.78 is 5.62. The molecule has 0 spiro atoms. The first-order valence-corrected chi connectivity index (χ1v) is 9.40. The number of urea groups is 1. The molecule has 2 heterocycles. The molecule has 0 radical (unpaired) electrons. The Kier molecular flexibility index (Phi) is 6.07. The highest BCUT2D eigenvalue weighted by Gasteiger charge is 2.23. The molecule has 0 saturated carbocycles. The number of rotatable bonds is 7. The summed E-state index contributed by atoms with van der Waals surface area (Å²) in [5.74, 6) is 0.869. The van der Waals surface area contributed by atoms with Crippen LogP contribution in [0.25, 0.3) is 17.0 Å². The number of amides is 2. The summed E-state index contributed by atoms with van der Waals surface area (Å²) in [6.07, 6.45) is 3.78. The van der Waals surface area contributed by atoms with Crippen LogP contribution in [-0.4, -0.2) is 27.8 Å². The van der Waals surface area contributed by atoms with E-state index in [1.54, 1.807) is 18.5 Å². The summed E-state index contributed by atoms with van der Waals surface area (Å²) in [4.78, 5) is 16.4. The predicted molar refractivity (Wildman–Crippen MR) is 112 cm³/mol. The van der Waals surface area contributed by atoms with Crippen LogP contribution in [0.15, 0.2) is 59.8 Å². The molecule has 3 aromatic rings. The van der Waals surface area contributed by atoms with E-state index in [9.17, 15) is 4.79 Å². The van der Waals surface area contributed by atoms with Crippen LogP contribution in [0.4, 0.5) is 4.79 Å². The first kappa shape index (κ1) is 20.3. The van der Waals surface area contributed by atoms with E-state index in [0.717, 1.165) is 22.3 Å². The average molecular weight is 391 g/mol. The minimum Gasteiger partial charge on any atom is -0.421 e. The first-order valence-electron chi connectivity index (χ1n) is 9.40. The van der Waals surface area contributed by atoms with Crippen molar-refractivity contribution in [1.29, 1.82) is 0 Å². The number of hydrogen-bond acceptors (Lipinski definition) is 5. The lowest BCUT2D eigenvalue weighted by Gasteiger charge is -2.27. The molecule has 1 aromatic carbocycles. The Hall–Kier alpha value is -3.48. The Bertz CT molecular complexity index is 995. The van der Waals surface area contributed by atoms with Gasteiger partial charge >= 0.3 is 6.03 Å². The van der Waals surface area contributed by atoms with Crippen molar-refractivity contribution in [2.24, 2.45) is 0 Å². The zero-order valence-electron chi connectivity index (χ0n) is 16.9. The molecule has 0 fully saturated rings. The van der Waals surface area contributed by atoms with Gasteiger partial charge in [-0.2, -0.15) is 0 Å². The lowest BCUT2D eigenvalue weighted by molar-refractivity contribution is 0.230. The molecule has 0 saturated heterocycles. The van der Waals surface area contributed by atoms with E-state index in [2.05, 4.69) is 32.4 Å². The van der Waals surface area contributed by atoms with Gasteiger partial charge in [0.2, 0.25) is 11.8 Å². The Morgan fingerprint density at radius 1 is 1.21 bits per heavy atom. The minimum absolute atomic E-state index is 0.261. The van der Waals surface area contributed by atoms with E-state index in [-0.39, 0.29) is 6.03 Å². The Morgan fingerprint density at radius 3 is 2.76 bits per heavy atom. The van der Waals surface area contributed by atoms with Crippen LogP contribution in [0.5, 0.6) is 0 Å². The summed E-state index contributed by atoms with van der Waals surface area (Å²) in [5, 5.41) is 13.9. The number of pyridine rings is 1. The van der Waals surface area contributed by atoms with Gasteiger partial charge in [0.05, 0.1) is 11.1 Å². The van der Waals surface area contributed by atoms with Crippen molar-refractivity contribution >= 4 is 11.6 Å². The van der Waals surface area contributed by atoms with Crippen molar-refractivity contribution in [3.8, 4) is 11.5 Å². The molecule has 7 heteroatoms. The topological polar surface area (TPSA) is 92.9 Å². The van der Waals surface area contributed by atoms with Crippen molar-refractivity contribution < 1.29 is 9.21 Å². The maximum atomic E-state index is 12.4. The molecule has 3 rings (SSSR count). The van der Waals surface area contributed by atoms with Crippen LogP contribution >= 0.6 is 0 Å². The van der Waals surface area contributed by atoms with Gasteiger partial charge < -0.3 is 15.1 Å². The zero-order chi connectivity index (χ0) is 20.9. The number of nitrogens with zero attached hydrogens (tertiary/aromatic N) is 3. The smallest absolute Gasteiger partial charge is 0.315 e. The van der Waals surface area contributed by atoms with E-state index in [4.69, 9.17) is 4.42 Å². The summed E-state index contributed by atoms with van der Waals surface area (Å²) in [6, 6.07) is 11.4. The third-order valence-electron chi connectivity index (χ3n) is 4.50. The van der Waals surface area contributed by atoms with Gasteiger partial charge in [0.25, 0.3) is 0 Å². The number of allylic oxidation sites excluding steroid dienone is 1. The largest absolute Gasteiger partial charge is 0.421 e. The number of hydrogen-bond donors (Lipinski definition) is 2. The molecule has 29 heavy (non-hydrogen) atoms. The Morgan fingerprint density at radius 2 is 2.03 bits per heavy atom. The third-order valence-corrected chi connectivity index (χ3v) is 4.50. The van der Waals surface area contributed by atoms with E-state index < -0.39 is 5.54 Å². The predicted octanol–water partition coefficient (Wildman–Crippen LogP) is 3.94. The second kappa shape index (κ2) is 8.68. The molecule has 0 aliphatic heterocycles. The number of carbonyl (C=O) groups is 1. The van der Waals surface area contributed by atoms with Gasteiger partial charge in [-0.3, -0.25) is 4.98 Å². The van der Waals surface area contributed by atoms with Crippen molar-refractivity contribution in [2.75, 3.05) is 6.54 Å². The van der Waals surface area contributed by atoms with Gasteiger partial charge in [-0.05, 0) is 50.1 Å². The number of nitrogens with one attached hydrogen (secondary N) is 2. The van der Waals surface area contributed by atoms with E-state index in [0.29, 0.717) is 24.7 Å². The first-order chi connectivity index (χ1) is 13.8. The molecular formula is C22H25N5O2. The molecule has 0 atom stereocenters. The second-order valence-electron chi connectivity index (χ2n) is 7.36. The second-order valence-corrected chi connectivity index (χ2v) is 7.36. The molecule has 2 aromatic heterocycles.